The number of benzene rings is 1. The zero-order valence-corrected chi connectivity index (χ0v) is 8.14. The van der Waals surface area contributed by atoms with Crippen LogP contribution >= 0.6 is 0 Å². The number of carboxylic acids is 1. The Balaban J connectivity index is 0.000000288. The Labute approximate surface area is 86.5 Å². The van der Waals surface area contributed by atoms with Crippen molar-refractivity contribution in [3.05, 3.63) is 30.4 Å². The molecule has 0 unspecified atom stereocenters. The fourth-order valence-corrected chi connectivity index (χ4v) is 0.519. The van der Waals surface area contributed by atoms with E-state index >= 15 is 0 Å². The Hall–Kier alpha value is -2.17. The van der Waals surface area contributed by atoms with Gasteiger partial charge in [-0.15, -0.1) is 0 Å². The molecule has 5 nitrogen and oxygen atoms in total. The van der Waals surface area contributed by atoms with Crippen molar-refractivity contribution in [2.75, 3.05) is 0 Å². The predicted molar refractivity (Wildman–Crippen MR) is 53.9 cm³/mol. The van der Waals surface area contributed by atoms with Gasteiger partial charge in [-0.25, -0.2) is 4.79 Å². The second-order valence-corrected chi connectivity index (χ2v) is 2.73. The Morgan fingerprint density at radius 3 is 1.73 bits per heavy atom. The largest absolute Gasteiger partial charge is 0.504 e. The molecule has 0 amide bonds. The minimum Gasteiger partial charge on any atom is -0.504 e. The molecule has 0 radical (unpaired) electrons. The third kappa shape index (κ3) is 4.56. The van der Waals surface area contributed by atoms with Crippen LogP contribution < -0.4 is 0 Å². The predicted octanol–water partition coefficient (Wildman–Crippen LogP) is 1.45. The van der Waals surface area contributed by atoms with Crippen molar-refractivity contribution in [2.45, 2.75) is 6.92 Å². The summed E-state index contributed by atoms with van der Waals surface area (Å²) in [6, 6.07) is 4.01. The zero-order valence-electron chi connectivity index (χ0n) is 8.14. The maximum Gasteiger partial charge on any atom is 0.330 e. The molecule has 0 heterocycles. The number of rotatable bonds is 1. The summed E-state index contributed by atoms with van der Waals surface area (Å²) in [5.74, 6) is -2.03. The van der Waals surface area contributed by atoms with Crippen LogP contribution in [0.25, 0.3) is 0 Å². The smallest absolute Gasteiger partial charge is 0.330 e. The highest BCUT2D eigenvalue weighted by atomic mass is 16.4. The SMILES string of the molecule is C=C(C)C(=O)O.Oc1cccc(O)c1O. The molecule has 1 aromatic rings. The van der Waals surface area contributed by atoms with Gasteiger partial charge in [-0.05, 0) is 19.1 Å². The van der Waals surface area contributed by atoms with Crippen LogP contribution in [0, 0.1) is 0 Å². The van der Waals surface area contributed by atoms with Gasteiger partial charge in [-0.3, -0.25) is 0 Å². The minimum absolute atomic E-state index is 0.176. The Morgan fingerprint density at radius 1 is 1.20 bits per heavy atom. The molecule has 82 valence electrons. The first-order valence-corrected chi connectivity index (χ1v) is 3.95. The molecule has 0 saturated carbocycles. The highest BCUT2D eigenvalue weighted by Gasteiger charge is 2.00. The number of carbonyl (C=O) groups is 1. The van der Waals surface area contributed by atoms with Crippen molar-refractivity contribution in [3.8, 4) is 17.2 Å². The molecule has 0 bridgehead atoms. The van der Waals surface area contributed by atoms with Crippen molar-refractivity contribution >= 4 is 5.97 Å². The summed E-state index contributed by atoms with van der Waals surface area (Å²) in [7, 11) is 0. The number of hydrogen-bond donors (Lipinski definition) is 4. The van der Waals surface area contributed by atoms with E-state index in [9.17, 15) is 4.79 Å². The molecular weight excluding hydrogens is 200 g/mol. The van der Waals surface area contributed by atoms with Crippen LogP contribution in [0.3, 0.4) is 0 Å². The molecule has 4 N–H and O–H groups in total. The summed E-state index contributed by atoms with van der Waals surface area (Å²) >= 11 is 0. The van der Waals surface area contributed by atoms with Crippen molar-refractivity contribution in [1.82, 2.24) is 0 Å². The first-order chi connectivity index (χ1) is 6.86. The Bertz CT molecular complexity index is 338. The van der Waals surface area contributed by atoms with Gasteiger partial charge in [0.1, 0.15) is 0 Å². The van der Waals surface area contributed by atoms with Crippen LogP contribution in [0.15, 0.2) is 30.4 Å². The summed E-state index contributed by atoms with van der Waals surface area (Å²) in [5.41, 5.74) is 0.176. The van der Waals surface area contributed by atoms with Gasteiger partial charge in [0.15, 0.2) is 17.2 Å². The first-order valence-electron chi connectivity index (χ1n) is 3.95. The fraction of sp³-hybridized carbons (Fsp3) is 0.100. The van der Waals surface area contributed by atoms with Crippen LogP contribution in [0.1, 0.15) is 6.92 Å². The molecule has 15 heavy (non-hydrogen) atoms. The van der Waals surface area contributed by atoms with Gasteiger partial charge in [0.05, 0.1) is 0 Å². The molecule has 1 rings (SSSR count). The number of aromatic hydroxyl groups is 3. The fourth-order valence-electron chi connectivity index (χ4n) is 0.519. The highest BCUT2D eigenvalue weighted by molar-refractivity contribution is 5.84. The maximum absolute atomic E-state index is 9.60. The van der Waals surface area contributed by atoms with E-state index in [-0.39, 0.29) is 17.1 Å². The van der Waals surface area contributed by atoms with Crippen LogP contribution in [0.4, 0.5) is 0 Å². The molecule has 0 atom stereocenters. The standard InChI is InChI=1S/C6H6O3.C4H6O2/c7-4-2-1-3-5(8)6(4)9;1-3(2)4(5)6/h1-3,7-9H;1H2,2H3,(H,5,6). The van der Waals surface area contributed by atoms with E-state index in [1.807, 2.05) is 0 Å². The number of aliphatic carboxylic acids is 1. The van der Waals surface area contributed by atoms with Crippen molar-refractivity contribution in [3.63, 3.8) is 0 Å². The number of carboxylic acid groups (broad SMARTS) is 1. The number of phenols is 3. The summed E-state index contributed by atoms with van der Waals surface area (Å²) in [4.78, 5) is 9.60. The van der Waals surface area contributed by atoms with Crippen LogP contribution in [0.5, 0.6) is 17.2 Å². The lowest BCUT2D eigenvalue weighted by atomic mass is 10.3. The van der Waals surface area contributed by atoms with Gasteiger partial charge in [-0.1, -0.05) is 12.6 Å². The van der Waals surface area contributed by atoms with E-state index in [1.54, 1.807) is 0 Å². The van der Waals surface area contributed by atoms with E-state index < -0.39 is 11.7 Å². The normalized spacial score (nSPS) is 8.60. The number of para-hydroxylation sites is 1. The zero-order chi connectivity index (χ0) is 12.0. The molecular formula is C10H12O5. The van der Waals surface area contributed by atoms with E-state index in [1.165, 1.54) is 25.1 Å². The lowest BCUT2D eigenvalue weighted by molar-refractivity contribution is -0.132. The van der Waals surface area contributed by atoms with Gasteiger partial charge in [0.2, 0.25) is 0 Å². The number of hydrogen-bond acceptors (Lipinski definition) is 4. The van der Waals surface area contributed by atoms with Gasteiger partial charge >= 0.3 is 5.97 Å². The Morgan fingerprint density at radius 2 is 1.53 bits per heavy atom. The first kappa shape index (κ1) is 12.8. The second-order valence-electron chi connectivity index (χ2n) is 2.73. The molecule has 0 spiro atoms. The summed E-state index contributed by atoms with van der Waals surface area (Å²) in [6.07, 6.45) is 0. The van der Waals surface area contributed by atoms with E-state index in [0.29, 0.717) is 0 Å². The summed E-state index contributed by atoms with van der Waals surface area (Å²) < 4.78 is 0. The average Bonchev–Trinajstić information content (AvgIpc) is 2.15. The van der Waals surface area contributed by atoms with Gasteiger partial charge in [0.25, 0.3) is 0 Å². The topological polar surface area (TPSA) is 98.0 Å². The maximum atomic E-state index is 9.60. The van der Waals surface area contributed by atoms with Crippen molar-refractivity contribution in [1.29, 1.82) is 0 Å². The van der Waals surface area contributed by atoms with Gasteiger partial charge in [0, 0.05) is 5.57 Å². The minimum atomic E-state index is -0.935. The van der Waals surface area contributed by atoms with Crippen LogP contribution in [-0.2, 0) is 4.79 Å². The average molecular weight is 212 g/mol. The molecule has 0 aliphatic rings. The second kappa shape index (κ2) is 5.54. The molecule has 0 aromatic heterocycles. The molecule has 5 heteroatoms. The summed E-state index contributed by atoms with van der Waals surface area (Å²) in [5, 5.41) is 34.0. The Kier molecular flexibility index (Phi) is 4.74. The number of phenolic OH excluding ortho intramolecular Hbond substituents is 3. The van der Waals surface area contributed by atoms with Crippen LogP contribution in [0.2, 0.25) is 0 Å². The highest BCUT2D eigenvalue weighted by Crippen LogP contribution is 2.32. The quantitative estimate of drug-likeness (QED) is 0.417. The molecule has 0 aliphatic heterocycles. The van der Waals surface area contributed by atoms with Crippen molar-refractivity contribution < 1.29 is 25.2 Å². The lowest BCUT2D eigenvalue weighted by Gasteiger charge is -1.96. The molecule has 1 aromatic carbocycles. The van der Waals surface area contributed by atoms with Crippen molar-refractivity contribution in [2.24, 2.45) is 0 Å². The van der Waals surface area contributed by atoms with Gasteiger partial charge in [-0.2, -0.15) is 0 Å². The van der Waals surface area contributed by atoms with Crippen LogP contribution in [-0.4, -0.2) is 26.4 Å². The molecule has 0 saturated heterocycles. The van der Waals surface area contributed by atoms with E-state index in [2.05, 4.69) is 6.58 Å². The molecule has 0 fully saturated rings. The monoisotopic (exact) mass is 212 g/mol. The van der Waals surface area contributed by atoms with E-state index in [0.717, 1.165) is 0 Å². The van der Waals surface area contributed by atoms with E-state index in [4.69, 9.17) is 20.4 Å². The third-order valence-corrected chi connectivity index (χ3v) is 1.36. The van der Waals surface area contributed by atoms with Gasteiger partial charge < -0.3 is 20.4 Å². The lowest BCUT2D eigenvalue weighted by Crippen LogP contribution is -1.92. The molecule has 0 aliphatic carbocycles. The third-order valence-electron chi connectivity index (χ3n) is 1.36. The summed E-state index contributed by atoms with van der Waals surface area (Å²) in [6.45, 7) is 4.60.